The summed E-state index contributed by atoms with van der Waals surface area (Å²) < 4.78 is 0. The van der Waals surface area contributed by atoms with Gasteiger partial charge in [0.05, 0.1) is 4.88 Å². The summed E-state index contributed by atoms with van der Waals surface area (Å²) in [5.41, 5.74) is 1.80. The van der Waals surface area contributed by atoms with E-state index in [1.165, 1.54) is 11.3 Å². The predicted molar refractivity (Wildman–Crippen MR) is 78.9 cm³/mol. The fourth-order valence-electron chi connectivity index (χ4n) is 2.23. The maximum absolute atomic E-state index is 12.7. The number of aromatic nitrogens is 1. The number of ketones is 1. The number of carbonyl (C=O) groups excluding carboxylic acids is 1. The van der Waals surface area contributed by atoms with Crippen LogP contribution in [0.15, 0.2) is 48.1 Å². The van der Waals surface area contributed by atoms with E-state index in [1.54, 1.807) is 12.4 Å². The molecule has 2 heterocycles. The number of hydrogen-bond acceptors (Lipinski definition) is 3. The van der Waals surface area contributed by atoms with Crippen LogP contribution in [-0.4, -0.2) is 10.8 Å². The van der Waals surface area contributed by atoms with Gasteiger partial charge in [-0.05, 0) is 28.8 Å². The topological polar surface area (TPSA) is 30.0 Å². The molecule has 2 aromatic heterocycles. The minimum atomic E-state index is 0.0798. The molecule has 0 spiro atoms. The molecule has 0 aliphatic rings. The number of carbonyl (C=O) groups is 1. The number of benzene rings is 1. The SMILES string of the molecule is CCc1ccsc1C(=O)c1cncc2ccccc12. The highest BCUT2D eigenvalue weighted by Gasteiger charge is 2.16. The van der Waals surface area contributed by atoms with Gasteiger partial charge < -0.3 is 0 Å². The average Bonchev–Trinajstić information content (AvgIpc) is 2.94. The van der Waals surface area contributed by atoms with Crippen molar-refractivity contribution < 1.29 is 4.79 Å². The molecule has 0 radical (unpaired) electrons. The second kappa shape index (κ2) is 4.94. The molecule has 0 N–H and O–H groups in total. The summed E-state index contributed by atoms with van der Waals surface area (Å²) in [5, 5.41) is 3.95. The van der Waals surface area contributed by atoms with Gasteiger partial charge in [0.1, 0.15) is 0 Å². The molecule has 19 heavy (non-hydrogen) atoms. The van der Waals surface area contributed by atoms with Gasteiger partial charge in [-0.2, -0.15) is 0 Å². The first-order valence-corrected chi connectivity index (χ1v) is 7.13. The van der Waals surface area contributed by atoms with Crippen molar-refractivity contribution in [2.75, 3.05) is 0 Å². The van der Waals surface area contributed by atoms with Gasteiger partial charge in [-0.25, -0.2) is 0 Å². The van der Waals surface area contributed by atoms with E-state index < -0.39 is 0 Å². The zero-order valence-corrected chi connectivity index (χ0v) is 11.4. The molecule has 0 fully saturated rings. The van der Waals surface area contributed by atoms with E-state index in [0.29, 0.717) is 5.56 Å². The molecule has 2 nitrogen and oxygen atoms in total. The van der Waals surface area contributed by atoms with Gasteiger partial charge in [0.2, 0.25) is 5.78 Å². The Kier molecular flexibility index (Phi) is 3.13. The lowest BCUT2D eigenvalue weighted by molar-refractivity contribution is 0.104. The summed E-state index contributed by atoms with van der Waals surface area (Å²) in [6.07, 6.45) is 4.34. The Labute approximate surface area is 115 Å². The molecule has 0 bridgehead atoms. The zero-order valence-electron chi connectivity index (χ0n) is 10.6. The van der Waals surface area contributed by atoms with Crippen LogP contribution >= 0.6 is 11.3 Å². The lowest BCUT2D eigenvalue weighted by Crippen LogP contribution is -2.03. The van der Waals surface area contributed by atoms with Gasteiger partial charge in [-0.3, -0.25) is 9.78 Å². The van der Waals surface area contributed by atoms with Crippen LogP contribution in [0.1, 0.15) is 27.7 Å². The molecule has 0 aliphatic carbocycles. The minimum absolute atomic E-state index is 0.0798. The van der Waals surface area contributed by atoms with Crippen molar-refractivity contribution in [3.8, 4) is 0 Å². The molecule has 3 heteroatoms. The lowest BCUT2D eigenvalue weighted by Gasteiger charge is -2.05. The third-order valence-electron chi connectivity index (χ3n) is 3.25. The Balaban J connectivity index is 2.17. The second-order valence-corrected chi connectivity index (χ2v) is 5.28. The molecule has 94 valence electrons. The Morgan fingerprint density at radius 1 is 1.21 bits per heavy atom. The van der Waals surface area contributed by atoms with E-state index >= 15 is 0 Å². The molecule has 0 atom stereocenters. The van der Waals surface area contributed by atoms with Crippen molar-refractivity contribution in [3.05, 3.63) is 64.1 Å². The molecular formula is C16H13NOS. The number of nitrogens with zero attached hydrogens (tertiary/aromatic N) is 1. The number of rotatable bonds is 3. The van der Waals surface area contributed by atoms with Crippen LogP contribution in [0.3, 0.4) is 0 Å². The largest absolute Gasteiger partial charge is 0.288 e. The number of fused-ring (bicyclic) bond motifs is 1. The van der Waals surface area contributed by atoms with E-state index in [-0.39, 0.29) is 5.78 Å². The van der Waals surface area contributed by atoms with Crippen LogP contribution in [0.25, 0.3) is 10.8 Å². The molecule has 0 saturated heterocycles. The van der Waals surface area contributed by atoms with Crippen LogP contribution in [0.5, 0.6) is 0 Å². The van der Waals surface area contributed by atoms with Crippen molar-refractivity contribution >= 4 is 27.9 Å². The van der Waals surface area contributed by atoms with Gasteiger partial charge in [-0.1, -0.05) is 31.2 Å². The van der Waals surface area contributed by atoms with Crippen molar-refractivity contribution in [3.63, 3.8) is 0 Å². The number of pyridine rings is 1. The van der Waals surface area contributed by atoms with Crippen LogP contribution in [0.2, 0.25) is 0 Å². The Bertz CT molecular complexity index is 740. The van der Waals surface area contributed by atoms with Gasteiger partial charge in [0, 0.05) is 23.3 Å². The second-order valence-electron chi connectivity index (χ2n) is 4.37. The molecule has 3 rings (SSSR count). The van der Waals surface area contributed by atoms with E-state index in [1.807, 2.05) is 35.7 Å². The first-order valence-electron chi connectivity index (χ1n) is 6.25. The Hall–Kier alpha value is -2.00. The van der Waals surface area contributed by atoms with Crippen LogP contribution in [0, 0.1) is 0 Å². The smallest absolute Gasteiger partial charge is 0.205 e. The molecule has 0 unspecified atom stereocenters. The average molecular weight is 267 g/mol. The minimum Gasteiger partial charge on any atom is -0.288 e. The maximum atomic E-state index is 12.7. The highest BCUT2D eigenvalue weighted by Crippen LogP contribution is 2.25. The van der Waals surface area contributed by atoms with Crippen molar-refractivity contribution in [2.24, 2.45) is 0 Å². The van der Waals surface area contributed by atoms with Crippen molar-refractivity contribution in [1.29, 1.82) is 0 Å². The van der Waals surface area contributed by atoms with E-state index in [4.69, 9.17) is 0 Å². The summed E-state index contributed by atoms with van der Waals surface area (Å²) in [6, 6.07) is 9.89. The van der Waals surface area contributed by atoms with Gasteiger partial charge >= 0.3 is 0 Å². The predicted octanol–water partition coefficient (Wildman–Crippen LogP) is 4.09. The third-order valence-corrected chi connectivity index (χ3v) is 4.20. The molecule has 1 aromatic carbocycles. The summed E-state index contributed by atoms with van der Waals surface area (Å²) >= 11 is 1.51. The summed E-state index contributed by atoms with van der Waals surface area (Å²) in [4.78, 5) is 17.7. The summed E-state index contributed by atoms with van der Waals surface area (Å²) in [6.45, 7) is 2.07. The number of hydrogen-bond donors (Lipinski definition) is 0. The number of aryl methyl sites for hydroxylation is 1. The van der Waals surface area contributed by atoms with Crippen LogP contribution in [-0.2, 0) is 6.42 Å². The highest BCUT2D eigenvalue weighted by molar-refractivity contribution is 7.12. The highest BCUT2D eigenvalue weighted by atomic mass is 32.1. The number of thiophene rings is 1. The maximum Gasteiger partial charge on any atom is 0.205 e. The fraction of sp³-hybridized carbons (Fsp3) is 0.125. The lowest BCUT2D eigenvalue weighted by atomic mass is 10.0. The molecule has 0 amide bonds. The van der Waals surface area contributed by atoms with E-state index in [0.717, 1.165) is 27.6 Å². The summed E-state index contributed by atoms with van der Waals surface area (Å²) in [7, 11) is 0. The quantitative estimate of drug-likeness (QED) is 0.669. The van der Waals surface area contributed by atoms with Crippen LogP contribution < -0.4 is 0 Å². The van der Waals surface area contributed by atoms with Crippen molar-refractivity contribution in [1.82, 2.24) is 4.98 Å². The van der Waals surface area contributed by atoms with E-state index in [2.05, 4.69) is 11.9 Å². The Morgan fingerprint density at radius 3 is 2.89 bits per heavy atom. The summed E-state index contributed by atoms with van der Waals surface area (Å²) in [5.74, 6) is 0.0798. The normalized spacial score (nSPS) is 10.8. The van der Waals surface area contributed by atoms with Crippen LogP contribution in [0.4, 0.5) is 0 Å². The molecule has 0 saturated carbocycles. The van der Waals surface area contributed by atoms with Gasteiger partial charge in [-0.15, -0.1) is 11.3 Å². The van der Waals surface area contributed by atoms with Gasteiger partial charge in [0.25, 0.3) is 0 Å². The molecule has 0 aliphatic heterocycles. The van der Waals surface area contributed by atoms with Gasteiger partial charge in [0.15, 0.2) is 0 Å². The monoisotopic (exact) mass is 267 g/mol. The molecular weight excluding hydrogens is 254 g/mol. The van der Waals surface area contributed by atoms with E-state index in [9.17, 15) is 4.79 Å². The standard InChI is InChI=1S/C16H13NOS/c1-2-11-7-8-19-16(11)15(18)14-10-17-9-12-5-3-4-6-13(12)14/h3-10H,2H2,1H3. The molecule has 3 aromatic rings. The first kappa shape index (κ1) is 12.1. The van der Waals surface area contributed by atoms with Crippen molar-refractivity contribution in [2.45, 2.75) is 13.3 Å². The zero-order chi connectivity index (χ0) is 13.2. The third kappa shape index (κ3) is 2.06. The Morgan fingerprint density at radius 2 is 2.05 bits per heavy atom. The fourth-order valence-corrected chi connectivity index (χ4v) is 3.18. The first-order chi connectivity index (χ1) is 9.31.